The van der Waals surface area contributed by atoms with E-state index in [-0.39, 0.29) is 17.1 Å². The number of carbonyl (C=O) groups excluding carboxylic acids is 1. The van der Waals surface area contributed by atoms with E-state index in [9.17, 15) is 4.79 Å². The van der Waals surface area contributed by atoms with E-state index in [0.717, 1.165) is 11.3 Å². The van der Waals surface area contributed by atoms with Gasteiger partial charge in [-0.2, -0.15) is 12.6 Å². The van der Waals surface area contributed by atoms with E-state index in [1.807, 2.05) is 18.2 Å². The van der Waals surface area contributed by atoms with Crippen LogP contribution in [0.1, 0.15) is 26.3 Å². The number of nitrogens with zero attached hydrogens (tertiary/aromatic N) is 1. The van der Waals surface area contributed by atoms with Crippen LogP contribution >= 0.6 is 12.6 Å². The molecule has 0 aliphatic carbocycles. The number of anilines is 1. The summed E-state index contributed by atoms with van der Waals surface area (Å²) in [4.78, 5) is 13.3. The number of hydrogen-bond donors (Lipinski definition) is 1. The summed E-state index contributed by atoms with van der Waals surface area (Å²) < 4.78 is 5.31. The van der Waals surface area contributed by atoms with Crippen molar-refractivity contribution in [1.29, 1.82) is 0 Å². The Kier molecular flexibility index (Phi) is 4.68. The van der Waals surface area contributed by atoms with Gasteiger partial charge in [-0.25, -0.2) is 0 Å². The maximum atomic E-state index is 11.7. The van der Waals surface area contributed by atoms with Gasteiger partial charge in [-0.15, -0.1) is 0 Å². The molecule has 1 rings (SSSR count). The number of rotatable bonds is 3. The van der Waals surface area contributed by atoms with Crippen LogP contribution in [0.4, 0.5) is 5.69 Å². The molecule has 0 aliphatic rings. The number of benzene rings is 1. The molecular weight excluding hydrogens is 246 g/mol. The first-order valence-electron chi connectivity index (χ1n) is 5.87. The monoisotopic (exact) mass is 267 g/mol. The number of ether oxygens (including phenoxy) is 1. The molecule has 18 heavy (non-hydrogen) atoms. The molecule has 0 fully saturated rings. The second-order valence-corrected chi connectivity index (χ2v) is 5.56. The van der Waals surface area contributed by atoms with Crippen molar-refractivity contribution in [2.45, 2.75) is 26.2 Å². The van der Waals surface area contributed by atoms with Crippen LogP contribution in [0.15, 0.2) is 18.2 Å². The Morgan fingerprint density at radius 1 is 1.39 bits per heavy atom. The Bertz CT molecular complexity index is 438. The van der Waals surface area contributed by atoms with E-state index >= 15 is 0 Å². The summed E-state index contributed by atoms with van der Waals surface area (Å²) in [5.41, 5.74) is 1.98. The minimum Gasteiger partial charge on any atom is -0.495 e. The molecule has 0 spiro atoms. The molecule has 0 aromatic heterocycles. The fourth-order valence-corrected chi connectivity index (χ4v) is 1.87. The van der Waals surface area contributed by atoms with Crippen molar-refractivity contribution in [3.63, 3.8) is 0 Å². The average molecular weight is 267 g/mol. The Morgan fingerprint density at radius 2 is 2.00 bits per heavy atom. The minimum absolute atomic E-state index is 0.0336. The summed E-state index contributed by atoms with van der Waals surface area (Å²) in [6.07, 6.45) is 0. The molecule has 0 saturated carbocycles. The lowest BCUT2D eigenvalue weighted by atomic mass is 9.86. The van der Waals surface area contributed by atoms with Crippen molar-refractivity contribution in [1.82, 2.24) is 0 Å². The summed E-state index contributed by atoms with van der Waals surface area (Å²) in [5.74, 6) is 0.822. The smallest absolute Gasteiger partial charge is 0.236 e. The van der Waals surface area contributed by atoms with Gasteiger partial charge in [0.15, 0.2) is 0 Å². The highest BCUT2D eigenvalue weighted by Gasteiger charge is 2.19. The average Bonchev–Trinajstić information content (AvgIpc) is 2.35. The van der Waals surface area contributed by atoms with Crippen LogP contribution in [0.5, 0.6) is 5.75 Å². The second kappa shape index (κ2) is 5.65. The highest BCUT2D eigenvalue weighted by molar-refractivity contribution is 7.81. The third-order valence-corrected chi connectivity index (χ3v) is 3.19. The first kappa shape index (κ1) is 14.9. The molecule has 0 saturated heterocycles. The first-order valence-corrected chi connectivity index (χ1v) is 6.50. The number of hydrogen-bond acceptors (Lipinski definition) is 3. The van der Waals surface area contributed by atoms with Gasteiger partial charge in [0.2, 0.25) is 5.91 Å². The molecule has 0 heterocycles. The number of methoxy groups -OCH3 is 1. The van der Waals surface area contributed by atoms with E-state index in [1.165, 1.54) is 0 Å². The van der Waals surface area contributed by atoms with Gasteiger partial charge < -0.3 is 9.64 Å². The Balaban J connectivity index is 3.26. The maximum absolute atomic E-state index is 11.7. The lowest BCUT2D eigenvalue weighted by Crippen LogP contribution is -2.28. The van der Waals surface area contributed by atoms with Crippen molar-refractivity contribution < 1.29 is 9.53 Å². The van der Waals surface area contributed by atoms with Crippen molar-refractivity contribution >= 4 is 24.2 Å². The Morgan fingerprint density at radius 3 is 2.44 bits per heavy atom. The summed E-state index contributed by atoms with van der Waals surface area (Å²) in [5, 5.41) is 0. The van der Waals surface area contributed by atoms with Crippen LogP contribution in [0.3, 0.4) is 0 Å². The van der Waals surface area contributed by atoms with E-state index in [1.54, 1.807) is 19.1 Å². The third-order valence-electron chi connectivity index (χ3n) is 2.92. The number of carbonyl (C=O) groups is 1. The molecule has 1 aromatic carbocycles. The highest BCUT2D eigenvalue weighted by atomic mass is 32.1. The van der Waals surface area contributed by atoms with Gasteiger partial charge in [0.25, 0.3) is 0 Å². The quantitative estimate of drug-likeness (QED) is 0.853. The molecule has 3 nitrogen and oxygen atoms in total. The topological polar surface area (TPSA) is 29.5 Å². The molecule has 0 aliphatic heterocycles. The lowest BCUT2D eigenvalue weighted by Gasteiger charge is -2.24. The third kappa shape index (κ3) is 3.19. The Labute approximate surface area is 115 Å². The highest BCUT2D eigenvalue weighted by Crippen LogP contribution is 2.33. The molecule has 0 radical (unpaired) electrons. The van der Waals surface area contributed by atoms with Gasteiger partial charge in [-0.3, -0.25) is 4.79 Å². The summed E-state index contributed by atoms with van der Waals surface area (Å²) in [6, 6.07) is 5.93. The summed E-state index contributed by atoms with van der Waals surface area (Å²) >= 11 is 4.02. The number of amides is 1. The zero-order chi connectivity index (χ0) is 13.9. The van der Waals surface area contributed by atoms with Crippen molar-refractivity contribution in [2.24, 2.45) is 0 Å². The zero-order valence-corrected chi connectivity index (χ0v) is 12.5. The van der Waals surface area contributed by atoms with E-state index in [0.29, 0.717) is 5.75 Å². The van der Waals surface area contributed by atoms with Crippen LogP contribution in [0.2, 0.25) is 0 Å². The van der Waals surface area contributed by atoms with Crippen LogP contribution in [-0.4, -0.2) is 25.8 Å². The molecule has 0 N–H and O–H groups in total. The summed E-state index contributed by atoms with van der Waals surface area (Å²) in [7, 11) is 3.34. The molecular formula is C14H21NO2S. The number of thiol groups is 1. The molecule has 0 atom stereocenters. The summed E-state index contributed by atoms with van der Waals surface area (Å²) in [6.45, 7) is 6.41. The second-order valence-electron chi connectivity index (χ2n) is 5.25. The van der Waals surface area contributed by atoms with Gasteiger partial charge in [0, 0.05) is 7.05 Å². The van der Waals surface area contributed by atoms with Crippen LogP contribution in [0, 0.1) is 0 Å². The normalized spacial score (nSPS) is 11.2. The molecule has 1 aromatic rings. The van der Waals surface area contributed by atoms with Gasteiger partial charge in [-0.1, -0.05) is 26.8 Å². The van der Waals surface area contributed by atoms with Crippen molar-refractivity contribution in [2.75, 3.05) is 24.8 Å². The molecule has 0 unspecified atom stereocenters. The van der Waals surface area contributed by atoms with Crippen LogP contribution in [-0.2, 0) is 10.2 Å². The Hall–Kier alpha value is -1.16. The van der Waals surface area contributed by atoms with E-state index in [4.69, 9.17) is 4.74 Å². The fourth-order valence-electron chi connectivity index (χ4n) is 1.66. The van der Waals surface area contributed by atoms with Crippen LogP contribution < -0.4 is 9.64 Å². The first-order chi connectivity index (χ1) is 8.31. The van der Waals surface area contributed by atoms with E-state index < -0.39 is 0 Å². The molecule has 0 bridgehead atoms. The molecule has 100 valence electrons. The zero-order valence-electron chi connectivity index (χ0n) is 11.7. The largest absolute Gasteiger partial charge is 0.495 e. The predicted octanol–water partition coefficient (Wildman–Crippen LogP) is 2.89. The lowest BCUT2D eigenvalue weighted by molar-refractivity contribution is -0.115. The van der Waals surface area contributed by atoms with Crippen molar-refractivity contribution in [3.8, 4) is 5.75 Å². The maximum Gasteiger partial charge on any atom is 0.236 e. The van der Waals surface area contributed by atoms with Crippen LogP contribution in [0.25, 0.3) is 0 Å². The molecule has 1 amide bonds. The predicted molar refractivity (Wildman–Crippen MR) is 79.0 cm³/mol. The fraction of sp³-hybridized carbons (Fsp3) is 0.500. The van der Waals surface area contributed by atoms with Gasteiger partial charge in [0.1, 0.15) is 5.75 Å². The minimum atomic E-state index is -0.0531. The standard InChI is InChI=1S/C14H21NO2S/c1-14(2,3)10-6-7-12(17-5)11(8-10)15(4)13(16)9-18/h6-8,18H,9H2,1-5H3. The van der Waals surface area contributed by atoms with E-state index in [2.05, 4.69) is 33.4 Å². The van der Waals surface area contributed by atoms with Gasteiger partial charge in [-0.05, 0) is 23.1 Å². The SMILES string of the molecule is COc1ccc(C(C)(C)C)cc1N(C)C(=O)CS. The van der Waals surface area contributed by atoms with Gasteiger partial charge in [0.05, 0.1) is 18.6 Å². The molecule has 4 heteroatoms. The van der Waals surface area contributed by atoms with Crippen molar-refractivity contribution in [3.05, 3.63) is 23.8 Å². The van der Waals surface area contributed by atoms with Gasteiger partial charge >= 0.3 is 0 Å².